The lowest BCUT2D eigenvalue weighted by Gasteiger charge is -2.34. The SMILES string of the molecule is O=C(CCCc1ccccn1)NCC(=O)N1CCN(Cc2ccccc2)CC1. The van der Waals surface area contributed by atoms with E-state index in [1.165, 1.54) is 5.56 Å². The molecule has 1 N–H and O–H groups in total. The molecule has 1 aromatic carbocycles. The normalized spacial score (nSPS) is 14.6. The average Bonchev–Trinajstić information content (AvgIpc) is 2.74. The predicted molar refractivity (Wildman–Crippen MR) is 108 cm³/mol. The Morgan fingerprint density at radius 1 is 0.964 bits per heavy atom. The van der Waals surface area contributed by atoms with Crippen LogP contribution in [0.4, 0.5) is 0 Å². The lowest BCUT2D eigenvalue weighted by molar-refractivity contribution is -0.134. The van der Waals surface area contributed by atoms with Gasteiger partial charge in [0.1, 0.15) is 0 Å². The Bertz CT molecular complexity index is 744. The number of aromatic nitrogens is 1. The summed E-state index contributed by atoms with van der Waals surface area (Å²) >= 11 is 0. The van der Waals surface area contributed by atoms with Gasteiger partial charge in [0.2, 0.25) is 11.8 Å². The Hall–Kier alpha value is -2.73. The summed E-state index contributed by atoms with van der Waals surface area (Å²) in [6, 6.07) is 16.2. The van der Waals surface area contributed by atoms with Crippen molar-refractivity contribution < 1.29 is 9.59 Å². The van der Waals surface area contributed by atoms with Crippen molar-refractivity contribution in [2.75, 3.05) is 32.7 Å². The number of pyridine rings is 1. The highest BCUT2D eigenvalue weighted by Crippen LogP contribution is 2.08. The first-order valence-electron chi connectivity index (χ1n) is 9.91. The summed E-state index contributed by atoms with van der Waals surface area (Å²) in [5.74, 6) is -0.0792. The summed E-state index contributed by atoms with van der Waals surface area (Å²) in [4.78, 5) is 32.8. The molecule has 0 atom stereocenters. The third-order valence-electron chi connectivity index (χ3n) is 4.97. The van der Waals surface area contributed by atoms with Crippen molar-refractivity contribution in [3.63, 3.8) is 0 Å². The lowest BCUT2D eigenvalue weighted by Crippen LogP contribution is -2.50. The van der Waals surface area contributed by atoms with Crippen molar-refractivity contribution in [1.82, 2.24) is 20.1 Å². The molecule has 6 nitrogen and oxygen atoms in total. The van der Waals surface area contributed by atoms with Gasteiger partial charge in [-0.1, -0.05) is 36.4 Å². The van der Waals surface area contributed by atoms with Gasteiger partial charge in [0.05, 0.1) is 6.54 Å². The van der Waals surface area contributed by atoms with E-state index in [1.807, 2.05) is 41.3 Å². The van der Waals surface area contributed by atoms with Gasteiger partial charge in [-0.25, -0.2) is 0 Å². The van der Waals surface area contributed by atoms with Gasteiger partial charge in [-0.2, -0.15) is 0 Å². The Labute approximate surface area is 166 Å². The third-order valence-corrected chi connectivity index (χ3v) is 4.97. The number of hydrogen-bond acceptors (Lipinski definition) is 4. The molecule has 1 aromatic heterocycles. The van der Waals surface area contributed by atoms with Crippen LogP contribution in [0, 0.1) is 0 Å². The summed E-state index contributed by atoms with van der Waals surface area (Å²) < 4.78 is 0. The van der Waals surface area contributed by atoms with Crippen molar-refractivity contribution in [3.8, 4) is 0 Å². The zero-order valence-corrected chi connectivity index (χ0v) is 16.2. The second kappa shape index (κ2) is 10.6. The largest absolute Gasteiger partial charge is 0.347 e. The average molecular weight is 380 g/mol. The number of carbonyl (C=O) groups excluding carboxylic acids is 2. The zero-order chi connectivity index (χ0) is 19.6. The minimum atomic E-state index is -0.0769. The van der Waals surface area contributed by atoms with E-state index in [0.717, 1.165) is 38.2 Å². The van der Waals surface area contributed by atoms with E-state index in [2.05, 4.69) is 27.3 Å². The van der Waals surface area contributed by atoms with Crippen LogP contribution in [0.25, 0.3) is 0 Å². The highest BCUT2D eigenvalue weighted by molar-refractivity contribution is 5.84. The molecule has 1 aliphatic rings. The lowest BCUT2D eigenvalue weighted by atomic mass is 10.1. The summed E-state index contributed by atoms with van der Waals surface area (Å²) in [5, 5.41) is 2.75. The van der Waals surface area contributed by atoms with E-state index < -0.39 is 0 Å². The number of carbonyl (C=O) groups is 2. The van der Waals surface area contributed by atoms with Gasteiger partial charge >= 0.3 is 0 Å². The number of aryl methyl sites for hydroxylation is 1. The van der Waals surface area contributed by atoms with E-state index in [1.54, 1.807) is 6.20 Å². The van der Waals surface area contributed by atoms with E-state index in [-0.39, 0.29) is 18.4 Å². The van der Waals surface area contributed by atoms with E-state index in [9.17, 15) is 9.59 Å². The number of piperazine rings is 1. The van der Waals surface area contributed by atoms with E-state index >= 15 is 0 Å². The van der Waals surface area contributed by atoms with Gasteiger partial charge < -0.3 is 10.2 Å². The molecule has 28 heavy (non-hydrogen) atoms. The van der Waals surface area contributed by atoms with Crippen LogP contribution >= 0.6 is 0 Å². The maximum Gasteiger partial charge on any atom is 0.242 e. The molecule has 0 aliphatic carbocycles. The monoisotopic (exact) mass is 380 g/mol. The molecule has 2 amide bonds. The predicted octanol–water partition coefficient (Wildman–Crippen LogP) is 1.86. The Morgan fingerprint density at radius 3 is 2.43 bits per heavy atom. The fourth-order valence-corrected chi connectivity index (χ4v) is 3.35. The zero-order valence-electron chi connectivity index (χ0n) is 16.2. The van der Waals surface area contributed by atoms with Crippen LogP contribution in [0.3, 0.4) is 0 Å². The van der Waals surface area contributed by atoms with Gasteiger partial charge in [0.25, 0.3) is 0 Å². The van der Waals surface area contributed by atoms with Crippen LogP contribution < -0.4 is 5.32 Å². The van der Waals surface area contributed by atoms with Crippen LogP contribution in [0.15, 0.2) is 54.7 Å². The van der Waals surface area contributed by atoms with Crippen LogP contribution in [-0.4, -0.2) is 59.3 Å². The second-order valence-electron chi connectivity index (χ2n) is 7.09. The van der Waals surface area contributed by atoms with Crippen LogP contribution in [0.5, 0.6) is 0 Å². The van der Waals surface area contributed by atoms with Crippen molar-refractivity contribution in [2.24, 2.45) is 0 Å². The summed E-state index contributed by atoms with van der Waals surface area (Å²) in [6.45, 7) is 4.14. The number of benzene rings is 1. The molecule has 2 heterocycles. The van der Waals surface area contributed by atoms with Crippen LogP contribution in [-0.2, 0) is 22.6 Å². The van der Waals surface area contributed by atoms with Gasteiger partial charge in [0, 0.05) is 51.0 Å². The Morgan fingerprint density at radius 2 is 1.71 bits per heavy atom. The maximum atomic E-state index is 12.3. The second-order valence-corrected chi connectivity index (χ2v) is 7.09. The summed E-state index contributed by atoms with van der Waals surface area (Å²) in [7, 11) is 0. The molecule has 0 bridgehead atoms. The van der Waals surface area contributed by atoms with Crippen molar-refractivity contribution in [3.05, 3.63) is 66.0 Å². The minimum absolute atomic E-state index is 0.00237. The minimum Gasteiger partial charge on any atom is -0.347 e. The van der Waals surface area contributed by atoms with Crippen LogP contribution in [0.2, 0.25) is 0 Å². The fourth-order valence-electron chi connectivity index (χ4n) is 3.35. The van der Waals surface area contributed by atoms with Gasteiger partial charge in [-0.15, -0.1) is 0 Å². The van der Waals surface area contributed by atoms with E-state index in [4.69, 9.17) is 0 Å². The highest BCUT2D eigenvalue weighted by atomic mass is 16.2. The molecule has 0 saturated carbocycles. The van der Waals surface area contributed by atoms with Gasteiger partial charge in [-0.05, 0) is 30.5 Å². The molecule has 2 aromatic rings. The molecule has 0 spiro atoms. The number of amides is 2. The molecular weight excluding hydrogens is 352 g/mol. The fraction of sp³-hybridized carbons (Fsp3) is 0.409. The van der Waals surface area contributed by atoms with Crippen molar-refractivity contribution >= 4 is 11.8 Å². The number of rotatable bonds is 8. The quantitative estimate of drug-likeness (QED) is 0.759. The Balaban J connectivity index is 1.30. The molecule has 1 saturated heterocycles. The van der Waals surface area contributed by atoms with Crippen molar-refractivity contribution in [1.29, 1.82) is 0 Å². The topological polar surface area (TPSA) is 65.5 Å². The number of hydrogen-bond donors (Lipinski definition) is 1. The molecule has 0 unspecified atom stereocenters. The van der Waals surface area contributed by atoms with E-state index in [0.29, 0.717) is 19.5 Å². The molecule has 0 radical (unpaired) electrons. The molecule has 3 rings (SSSR count). The van der Waals surface area contributed by atoms with Crippen LogP contribution in [0.1, 0.15) is 24.1 Å². The van der Waals surface area contributed by atoms with Gasteiger partial charge in [-0.3, -0.25) is 19.5 Å². The standard InChI is InChI=1S/C22H28N4O2/c27-21(11-6-10-20-9-4-5-12-23-20)24-17-22(28)26-15-13-25(14-16-26)18-19-7-2-1-3-8-19/h1-5,7-9,12H,6,10-11,13-18H2,(H,24,27). The first-order valence-corrected chi connectivity index (χ1v) is 9.91. The first-order chi connectivity index (χ1) is 13.7. The molecule has 1 aliphatic heterocycles. The summed E-state index contributed by atoms with van der Waals surface area (Å²) in [6.07, 6.45) is 3.67. The summed E-state index contributed by atoms with van der Waals surface area (Å²) in [5.41, 5.74) is 2.28. The number of nitrogens with zero attached hydrogens (tertiary/aromatic N) is 3. The molecule has 148 valence electrons. The molecular formula is C22H28N4O2. The van der Waals surface area contributed by atoms with Crippen molar-refractivity contribution in [2.45, 2.75) is 25.8 Å². The first kappa shape index (κ1) is 20.0. The smallest absolute Gasteiger partial charge is 0.242 e. The molecule has 6 heteroatoms. The highest BCUT2D eigenvalue weighted by Gasteiger charge is 2.21. The third kappa shape index (κ3) is 6.46. The van der Waals surface area contributed by atoms with Gasteiger partial charge in [0.15, 0.2) is 0 Å². The maximum absolute atomic E-state index is 12.3. The number of nitrogens with one attached hydrogen (secondary N) is 1. The Kier molecular flexibility index (Phi) is 7.55. The molecule has 1 fully saturated rings.